The normalized spacial score (nSPS) is 11.1. The smallest absolute Gasteiger partial charge is 0.304 e. The Bertz CT molecular complexity index is 686. The van der Waals surface area contributed by atoms with Crippen LogP contribution in [0.25, 0.3) is 0 Å². The van der Waals surface area contributed by atoms with Crippen LogP contribution in [-0.4, -0.2) is 17.9 Å². The molecule has 6 heteroatoms. The molecular formula is C20H24NO3PS. The Balaban J connectivity index is 1.90. The van der Waals surface area contributed by atoms with Gasteiger partial charge in [0.15, 0.2) is 0 Å². The number of rotatable bonds is 12. The first kappa shape index (κ1) is 20.7. The summed E-state index contributed by atoms with van der Waals surface area (Å²) in [6.45, 7) is 1.22. The molecule has 0 N–H and O–H groups in total. The third kappa shape index (κ3) is 8.18. The summed E-state index contributed by atoms with van der Waals surface area (Å²) < 4.78 is 24.6. The van der Waals surface area contributed by atoms with Crippen molar-refractivity contribution in [2.24, 2.45) is 4.99 Å². The molecule has 0 aromatic heterocycles. The number of thiocarbonyl (C=S) groups is 1. The molecular weight excluding hydrogens is 365 g/mol. The summed E-state index contributed by atoms with van der Waals surface area (Å²) in [5.74, 6) is 0. The minimum absolute atomic E-state index is 0.280. The van der Waals surface area contributed by atoms with E-state index in [0.717, 1.165) is 30.4 Å². The van der Waals surface area contributed by atoms with Gasteiger partial charge in [-0.15, -0.1) is 0 Å². The highest BCUT2D eigenvalue weighted by Gasteiger charge is 2.24. The van der Waals surface area contributed by atoms with Crippen molar-refractivity contribution in [3.05, 3.63) is 71.8 Å². The fraction of sp³-hybridized carbons (Fsp3) is 0.350. The van der Waals surface area contributed by atoms with Gasteiger partial charge in [0.25, 0.3) is 0 Å². The molecule has 2 rings (SSSR count). The van der Waals surface area contributed by atoms with E-state index in [4.69, 9.17) is 9.05 Å². The van der Waals surface area contributed by atoms with Crippen molar-refractivity contribution in [1.29, 1.82) is 0 Å². The van der Waals surface area contributed by atoms with E-state index < -0.39 is 7.60 Å². The Morgan fingerprint density at radius 1 is 0.846 bits per heavy atom. The van der Waals surface area contributed by atoms with E-state index in [1.54, 1.807) is 0 Å². The second-order valence-corrected chi connectivity index (χ2v) is 8.25. The number of aliphatic imine (C=N–C) groups is 1. The third-order valence-electron chi connectivity index (χ3n) is 3.81. The first-order chi connectivity index (χ1) is 12.7. The molecule has 0 aliphatic rings. The maximum Gasteiger partial charge on any atom is 0.331 e. The number of isothiocyanates is 1. The lowest BCUT2D eigenvalue weighted by Crippen LogP contribution is -2.02. The summed E-state index contributed by atoms with van der Waals surface area (Å²) in [4.78, 5) is 3.89. The zero-order valence-electron chi connectivity index (χ0n) is 14.8. The van der Waals surface area contributed by atoms with Gasteiger partial charge in [0.1, 0.15) is 0 Å². The van der Waals surface area contributed by atoms with Crippen LogP contribution in [0.3, 0.4) is 0 Å². The maximum atomic E-state index is 13.2. The highest BCUT2D eigenvalue weighted by atomic mass is 32.1. The summed E-state index contributed by atoms with van der Waals surface area (Å²) in [5.41, 5.74) is 1.96. The van der Waals surface area contributed by atoms with Crippen molar-refractivity contribution < 1.29 is 13.6 Å². The molecule has 0 fully saturated rings. The van der Waals surface area contributed by atoms with E-state index in [2.05, 4.69) is 22.4 Å². The van der Waals surface area contributed by atoms with Crippen molar-refractivity contribution in [2.75, 3.05) is 12.7 Å². The molecule has 0 heterocycles. The largest absolute Gasteiger partial charge is 0.331 e. The van der Waals surface area contributed by atoms with Crippen LogP contribution in [0.4, 0.5) is 0 Å². The molecule has 0 bridgehead atoms. The van der Waals surface area contributed by atoms with Crippen molar-refractivity contribution in [3.8, 4) is 0 Å². The molecule has 0 saturated carbocycles. The molecule has 138 valence electrons. The highest BCUT2D eigenvalue weighted by molar-refractivity contribution is 7.78. The monoisotopic (exact) mass is 389 g/mol. The van der Waals surface area contributed by atoms with E-state index >= 15 is 0 Å². The minimum atomic E-state index is -3.17. The van der Waals surface area contributed by atoms with Crippen LogP contribution in [0.5, 0.6) is 0 Å². The van der Waals surface area contributed by atoms with Gasteiger partial charge >= 0.3 is 7.60 Å². The van der Waals surface area contributed by atoms with Gasteiger partial charge in [-0.05, 0) is 36.2 Å². The van der Waals surface area contributed by atoms with E-state index in [1.165, 1.54) is 0 Å². The molecule has 0 unspecified atom stereocenters. The van der Waals surface area contributed by atoms with Crippen molar-refractivity contribution in [3.63, 3.8) is 0 Å². The molecule has 2 aromatic rings. The van der Waals surface area contributed by atoms with Gasteiger partial charge < -0.3 is 9.05 Å². The van der Waals surface area contributed by atoms with Gasteiger partial charge in [0.05, 0.1) is 24.5 Å². The average Bonchev–Trinajstić information content (AvgIpc) is 2.69. The quantitative estimate of drug-likeness (QED) is 0.197. The number of nitrogens with zero attached hydrogens (tertiary/aromatic N) is 1. The first-order valence-electron chi connectivity index (χ1n) is 8.71. The first-order valence-corrected chi connectivity index (χ1v) is 10.8. The van der Waals surface area contributed by atoms with Gasteiger partial charge in [-0.2, -0.15) is 0 Å². The average molecular weight is 389 g/mol. The van der Waals surface area contributed by atoms with E-state index in [9.17, 15) is 4.57 Å². The van der Waals surface area contributed by atoms with Crippen LogP contribution >= 0.6 is 19.8 Å². The fourth-order valence-electron chi connectivity index (χ4n) is 2.38. The van der Waals surface area contributed by atoms with Crippen LogP contribution in [-0.2, 0) is 26.8 Å². The zero-order valence-corrected chi connectivity index (χ0v) is 16.5. The van der Waals surface area contributed by atoms with Crippen molar-refractivity contribution in [2.45, 2.75) is 32.5 Å². The molecule has 0 aliphatic heterocycles. The summed E-state index contributed by atoms with van der Waals surface area (Å²) in [5, 5.41) is 2.36. The highest BCUT2D eigenvalue weighted by Crippen LogP contribution is 2.50. The minimum Gasteiger partial charge on any atom is -0.304 e. The number of hydrogen-bond acceptors (Lipinski definition) is 5. The second kappa shape index (κ2) is 11.9. The molecule has 26 heavy (non-hydrogen) atoms. The van der Waals surface area contributed by atoms with E-state index in [-0.39, 0.29) is 13.2 Å². The lowest BCUT2D eigenvalue weighted by Gasteiger charge is -2.19. The maximum absolute atomic E-state index is 13.2. The van der Waals surface area contributed by atoms with Crippen LogP contribution in [0.2, 0.25) is 0 Å². The van der Waals surface area contributed by atoms with E-state index in [0.29, 0.717) is 12.7 Å². The molecule has 0 amide bonds. The Kier molecular flexibility index (Phi) is 9.47. The van der Waals surface area contributed by atoms with Crippen LogP contribution in [0.1, 0.15) is 30.4 Å². The lowest BCUT2D eigenvalue weighted by atomic mass is 10.2. The van der Waals surface area contributed by atoms with Gasteiger partial charge in [-0.25, -0.2) is 4.99 Å². The van der Waals surface area contributed by atoms with Gasteiger partial charge in [-0.3, -0.25) is 4.57 Å². The molecule has 2 aromatic carbocycles. The van der Waals surface area contributed by atoms with Gasteiger partial charge in [-0.1, -0.05) is 67.1 Å². The molecule has 0 spiro atoms. The fourth-order valence-corrected chi connectivity index (χ4v) is 4.11. The van der Waals surface area contributed by atoms with Crippen LogP contribution < -0.4 is 0 Å². The molecule has 0 aliphatic carbocycles. The van der Waals surface area contributed by atoms with E-state index in [1.807, 2.05) is 60.7 Å². The summed E-state index contributed by atoms with van der Waals surface area (Å²) in [6, 6.07) is 19.4. The third-order valence-corrected chi connectivity index (χ3v) is 5.85. The molecule has 0 saturated heterocycles. The van der Waals surface area contributed by atoms with Gasteiger partial charge in [0.2, 0.25) is 0 Å². The molecule has 4 nitrogen and oxygen atoms in total. The number of hydrogen-bond donors (Lipinski definition) is 0. The summed E-state index contributed by atoms with van der Waals surface area (Å²) in [7, 11) is -3.17. The summed E-state index contributed by atoms with van der Waals surface area (Å²) >= 11 is 4.55. The predicted octanol–water partition coefficient (Wildman–Crippen LogP) is 5.89. The second-order valence-electron chi connectivity index (χ2n) is 5.89. The predicted molar refractivity (Wildman–Crippen MR) is 109 cm³/mol. The Hall–Kier alpha value is -1.61. The van der Waals surface area contributed by atoms with Gasteiger partial charge in [0, 0.05) is 6.54 Å². The van der Waals surface area contributed by atoms with Crippen molar-refractivity contribution in [1.82, 2.24) is 0 Å². The Morgan fingerprint density at radius 2 is 1.38 bits per heavy atom. The van der Waals surface area contributed by atoms with Crippen LogP contribution in [0.15, 0.2) is 65.7 Å². The van der Waals surface area contributed by atoms with Crippen LogP contribution in [0, 0.1) is 0 Å². The number of benzene rings is 2. The molecule has 0 atom stereocenters. The molecule has 0 radical (unpaired) electrons. The Labute approximate surface area is 160 Å². The Morgan fingerprint density at radius 3 is 1.88 bits per heavy atom. The standard InChI is InChI=1S/C20H24NO3PS/c22-25(15-9-3-8-14-21-18-26,23-16-19-10-4-1-5-11-19)24-17-20-12-6-2-7-13-20/h1-2,4-7,10-13H,3,8-9,14-17H2. The lowest BCUT2D eigenvalue weighted by molar-refractivity contribution is 0.190. The summed E-state index contributed by atoms with van der Waals surface area (Å²) in [6.07, 6.45) is 2.94. The SMILES string of the molecule is O=P(CCCCCN=C=S)(OCc1ccccc1)OCc1ccccc1. The zero-order chi connectivity index (χ0) is 18.5. The topological polar surface area (TPSA) is 47.9 Å². The number of unbranched alkanes of at least 4 members (excludes halogenated alkanes) is 2. The van der Waals surface area contributed by atoms with Crippen molar-refractivity contribution >= 4 is 25.0 Å².